The van der Waals surface area contributed by atoms with E-state index in [1.165, 1.54) is 13.2 Å². The number of amides is 1. The fourth-order valence-electron chi connectivity index (χ4n) is 1.29. The average Bonchev–Trinajstić information content (AvgIpc) is 2.32. The van der Waals surface area contributed by atoms with Gasteiger partial charge in [0.25, 0.3) is 5.91 Å². The predicted octanol–water partition coefficient (Wildman–Crippen LogP) is 1.48. The molecule has 0 aliphatic carbocycles. The molecule has 0 bridgehead atoms. The first-order valence-corrected chi connectivity index (χ1v) is 5.63. The van der Waals surface area contributed by atoms with Crippen LogP contribution in [0.2, 0.25) is 5.02 Å². The molecule has 1 aromatic carbocycles. The highest BCUT2D eigenvalue weighted by Gasteiger charge is 2.17. The lowest BCUT2D eigenvalue weighted by Crippen LogP contribution is -2.37. The molecule has 0 saturated heterocycles. The summed E-state index contributed by atoms with van der Waals surface area (Å²) in [5.41, 5.74) is 1.25. The van der Waals surface area contributed by atoms with Crippen molar-refractivity contribution in [3.05, 3.63) is 34.3 Å². The van der Waals surface area contributed by atoms with Crippen LogP contribution in [-0.4, -0.2) is 36.7 Å². The molecular weight excluding hydrogens is 258 g/mol. The van der Waals surface area contributed by atoms with Gasteiger partial charge in [-0.3, -0.25) is 4.79 Å². The van der Waals surface area contributed by atoms with Gasteiger partial charge < -0.3 is 15.2 Å². The van der Waals surface area contributed by atoms with Gasteiger partial charge in [-0.1, -0.05) is 17.7 Å². The number of hydrogen-bond acceptors (Lipinski definition) is 3. The average molecular weight is 272 g/mol. The van der Waals surface area contributed by atoms with Crippen LogP contribution in [0.3, 0.4) is 0 Å². The predicted molar refractivity (Wildman–Crippen MR) is 67.0 cm³/mol. The number of carboxylic acid groups (broad SMARTS) is 1. The molecule has 1 aromatic rings. The number of ether oxygens (including phenoxy) is 1. The second kappa shape index (κ2) is 6.37. The Kier molecular flexibility index (Phi) is 5.12. The van der Waals surface area contributed by atoms with E-state index < -0.39 is 12.1 Å². The summed E-state index contributed by atoms with van der Waals surface area (Å²) in [6.07, 6.45) is -1.06. The smallest absolute Gasteiger partial charge is 0.334 e. The summed E-state index contributed by atoms with van der Waals surface area (Å²) in [6, 6.07) is 4.89. The summed E-state index contributed by atoms with van der Waals surface area (Å²) < 4.78 is 4.70. The van der Waals surface area contributed by atoms with Gasteiger partial charge in [-0.25, -0.2) is 4.79 Å². The first-order chi connectivity index (χ1) is 8.45. The molecule has 0 spiro atoms. The lowest BCUT2D eigenvalue weighted by Gasteiger charge is -2.11. The minimum absolute atomic E-state index is 0.101. The summed E-state index contributed by atoms with van der Waals surface area (Å²) in [6.45, 7) is 1.73. The summed E-state index contributed by atoms with van der Waals surface area (Å²) in [5, 5.41) is 11.7. The SMILES string of the molecule is COC(CNC(=O)c1ccc(C)c(Cl)c1)C(=O)O. The van der Waals surface area contributed by atoms with E-state index in [1.807, 2.05) is 6.92 Å². The van der Waals surface area contributed by atoms with E-state index in [2.05, 4.69) is 5.32 Å². The second-order valence-electron chi connectivity index (χ2n) is 3.74. The topological polar surface area (TPSA) is 75.6 Å². The third-order valence-electron chi connectivity index (χ3n) is 2.44. The molecule has 0 aliphatic heterocycles. The minimum atomic E-state index is -1.13. The number of carbonyl (C=O) groups is 2. The van der Waals surface area contributed by atoms with Crippen molar-refractivity contribution in [2.75, 3.05) is 13.7 Å². The number of carboxylic acids is 1. The van der Waals surface area contributed by atoms with Gasteiger partial charge in [-0.05, 0) is 24.6 Å². The van der Waals surface area contributed by atoms with Gasteiger partial charge in [-0.15, -0.1) is 0 Å². The molecule has 5 nitrogen and oxygen atoms in total. The summed E-state index contributed by atoms with van der Waals surface area (Å²) >= 11 is 5.90. The second-order valence-corrected chi connectivity index (χ2v) is 4.14. The van der Waals surface area contributed by atoms with Crippen molar-refractivity contribution in [2.45, 2.75) is 13.0 Å². The van der Waals surface area contributed by atoms with Crippen LogP contribution >= 0.6 is 11.6 Å². The Labute approximate surface area is 110 Å². The molecule has 1 amide bonds. The summed E-state index contributed by atoms with van der Waals surface area (Å²) in [7, 11) is 1.27. The number of hydrogen-bond donors (Lipinski definition) is 2. The Bertz CT molecular complexity index is 461. The van der Waals surface area contributed by atoms with Crippen LogP contribution in [0.5, 0.6) is 0 Å². The standard InChI is InChI=1S/C12H14ClNO4/c1-7-3-4-8(5-9(7)13)11(15)14-6-10(18-2)12(16)17/h3-5,10H,6H2,1-2H3,(H,14,15)(H,16,17). The first kappa shape index (κ1) is 14.5. The molecule has 1 unspecified atom stereocenters. The zero-order valence-electron chi connectivity index (χ0n) is 10.1. The fourth-order valence-corrected chi connectivity index (χ4v) is 1.47. The number of methoxy groups -OCH3 is 1. The molecule has 0 radical (unpaired) electrons. The number of aryl methyl sites for hydroxylation is 1. The van der Waals surface area contributed by atoms with Crippen LogP contribution in [0.25, 0.3) is 0 Å². The maximum atomic E-state index is 11.7. The van der Waals surface area contributed by atoms with Crippen LogP contribution in [0, 0.1) is 6.92 Å². The molecule has 0 aromatic heterocycles. The zero-order chi connectivity index (χ0) is 13.7. The molecule has 0 saturated carbocycles. The number of carbonyl (C=O) groups excluding carboxylic acids is 1. The van der Waals surface area contributed by atoms with Crippen molar-refractivity contribution in [1.29, 1.82) is 0 Å². The Morgan fingerprint density at radius 2 is 2.17 bits per heavy atom. The first-order valence-electron chi connectivity index (χ1n) is 5.25. The summed E-state index contributed by atoms with van der Waals surface area (Å²) in [4.78, 5) is 22.4. The zero-order valence-corrected chi connectivity index (χ0v) is 10.8. The van der Waals surface area contributed by atoms with Crippen LogP contribution in [0.1, 0.15) is 15.9 Å². The van der Waals surface area contributed by atoms with Crippen molar-refractivity contribution in [3.8, 4) is 0 Å². The highest BCUT2D eigenvalue weighted by molar-refractivity contribution is 6.31. The molecule has 1 rings (SSSR count). The maximum absolute atomic E-state index is 11.7. The molecule has 98 valence electrons. The lowest BCUT2D eigenvalue weighted by atomic mass is 10.1. The molecule has 2 N–H and O–H groups in total. The molecule has 18 heavy (non-hydrogen) atoms. The van der Waals surface area contributed by atoms with Gasteiger partial charge in [0.15, 0.2) is 6.10 Å². The van der Waals surface area contributed by atoms with Gasteiger partial charge in [0.1, 0.15) is 0 Å². The minimum Gasteiger partial charge on any atom is -0.479 e. The van der Waals surface area contributed by atoms with Gasteiger partial charge in [0, 0.05) is 17.7 Å². The van der Waals surface area contributed by atoms with Crippen LogP contribution in [0.4, 0.5) is 0 Å². The number of benzene rings is 1. The van der Waals surface area contributed by atoms with Gasteiger partial charge >= 0.3 is 5.97 Å². The van der Waals surface area contributed by atoms with E-state index in [0.717, 1.165) is 5.56 Å². The monoisotopic (exact) mass is 271 g/mol. The lowest BCUT2D eigenvalue weighted by molar-refractivity contribution is -0.148. The number of nitrogens with one attached hydrogen (secondary N) is 1. The number of aliphatic carboxylic acids is 1. The van der Waals surface area contributed by atoms with Crippen molar-refractivity contribution < 1.29 is 19.4 Å². The van der Waals surface area contributed by atoms with Crippen LogP contribution in [-0.2, 0) is 9.53 Å². The van der Waals surface area contributed by atoms with Crippen molar-refractivity contribution in [2.24, 2.45) is 0 Å². The fraction of sp³-hybridized carbons (Fsp3) is 0.333. The van der Waals surface area contributed by atoms with Crippen molar-refractivity contribution in [1.82, 2.24) is 5.32 Å². The molecule has 0 heterocycles. The van der Waals surface area contributed by atoms with E-state index in [-0.39, 0.29) is 12.5 Å². The van der Waals surface area contributed by atoms with Crippen molar-refractivity contribution in [3.63, 3.8) is 0 Å². The van der Waals surface area contributed by atoms with E-state index in [4.69, 9.17) is 21.4 Å². The molecule has 6 heteroatoms. The third-order valence-corrected chi connectivity index (χ3v) is 2.85. The van der Waals surface area contributed by atoms with Crippen molar-refractivity contribution >= 4 is 23.5 Å². The quantitative estimate of drug-likeness (QED) is 0.850. The molecule has 0 aliphatic rings. The Hall–Kier alpha value is -1.59. The molecule has 1 atom stereocenters. The normalized spacial score (nSPS) is 11.9. The maximum Gasteiger partial charge on any atom is 0.334 e. The van der Waals surface area contributed by atoms with Crippen LogP contribution < -0.4 is 5.32 Å². The van der Waals surface area contributed by atoms with Gasteiger partial charge in [-0.2, -0.15) is 0 Å². The van der Waals surface area contributed by atoms with Gasteiger partial charge in [0.2, 0.25) is 0 Å². The summed E-state index contributed by atoms with van der Waals surface area (Å²) in [5.74, 6) is -1.51. The Morgan fingerprint density at radius 1 is 1.50 bits per heavy atom. The highest BCUT2D eigenvalue weighted by Crippen LogP contribution is 2.16. The van der Waals surface area contributed by atoms with Gasteiger partial charge in [0.05, 0.1) is 6.54 Å². The van der Waals surface area contributed by atoms with E-state index >= 15 is 0 Å². The van der Waals surface area contributed by atoms with E-state index in [1.54, 1.807) is 12.1 Å². The third kappa shape index (κ3) is 3.72. The van der Waals surface area contributed by atoms with Crippen LogP contribution in [0.15, 0.2) is 18.2 Å². The Morgan fingerprint density at radius 3 is 2.67 bits per heavy atom. The molecule has 0 fully saturated rings. The number of halogens is 1. The molecular formula is C12H14ClNO4. The highest BCUT2D eigenvalue weighted by atomic mass is 35.5. The Balaban J connectivity index is 2.65. The van der Waals surface area contributed by atoms with E-state index in [0.29, 0.717) is 10.6 Å². The largest absolute Gasteiger partial charge is 0.479 e. The van der Waals surface area contributed by atoms with E-state index in [9.17, 15) is 9.59 Å². The number of rotatable bonds is 5.